The summed E-state index contributed by atoms with van der Waals surface area (Å²) in [7, 11) is 0. The fourth-order valence-electron chi connectivity index (χ4n) is 1.09. The fraction of sp³-hybridized carbons (Fsp3) is 0.333. The SMILES string of the molecule is CC(C)(C)OC(=O)Nc1c[c]cc(C(=O)O)c1. The van der Waals surface area contributed by atoms with E-state index in [1.54, 1.807) is 20.8 Å². The van der Waals surface area contributed by atoms with E-state index < -0.39 is 17.7 Å². The normalized spacial score (nSPS) is 10.8. The number of carbonyl (C=O) groups is 2. The number of rotatable bonds is 2. The summed E-state index contributed by atoms with van der Waals surface area (Å²) in [6.45, 7) is 5.23. The maximum Gasteiger partial charge on any atom is 0.412 e. The van der Waals surface area contributed by atoms with Crippen molar-refractivity contribution < 1.29 is 19.4 Å². The molecule has 1 aromatic carbocycles. The molecule has 0 spiro atoms. The van der Waals surface area contributed by atoms with Crippen LogP contribution in [-0.4, -0.2) is 22.8 Å². The standard InChI is InChI=1S/C12H14NO4/c1-12(2,3)17-11(16)13-9-6-4-5-8(7-9)10(14)15/h5-7H,1-3H3,(H,13,16)(H,14,15). The van der Waals surface area contributed by atoms with Crippen LogP contribution in [0.3, 0.4) is 0 Å². The van der Waals surface area contributed by atoms with Gasteiger partial charge in [0.25, 0.3) is 0 Å². The Bertz CT molecular complexity index is 434. The molecule has 1 amide bonds. The van der Waals surface area contributed by atoms with Gasteiger partial charge in [0.2, 0.25) is 0 Å². The second-order valence-electron chi connectivity index (χ2n) is 4.44. The Morgan fingerprint density at radius 2 is 2.00 bits per heavy atom. The van der Waals surface area contributed by atoms with Crippen LogP contribution in [0.1, 0.15) is 31.1 Å². The van der Waals surface area contributed by atoms with Gasteiger partial charge in [0.1, 0.15) is 5.60 Å². The smallest absolute Gasteiger partial charge is 0.412 e. The molecular formula is C12H14NO4. The molecule has 2 N–H and O–H groups in total. The van der Waals surface area contributed by atoms with Crippen molar-refractivity contribution in [2.24, 2.45) is 0 Å². The minimum atomic E-state index is -1.07. The number of anilines is 1. The van der Waals surface area contributed by atoms with Gasteiger partial charge < -0.3 is 9.84 Å². The topological polar surface area (TPSA) is 75.6 Å². The Morgan fingerprint density at radius 3 is 2.53 bits per heavy atom. The van der Waals surface area contributed by atoms with Crippen LogP contribution in [0.2, 0.25) is 0 Å². The Morgan fingerprint density at radius 1 is 1.35 bits per heavy atom. The summed E-state index contributed by atoms with van der Waals surface area (Å²) >= 11 is 0. The van der Waals surface area contributed by atoms with Crippen LogP contribution in [-0.2, 0) is 4.74 Å². The van der Waals surface area contributed by atoms with Gasteiger partial charge in [-0.3, -0.25) is 5.32 Å². The number of carboxylic acids is 1. The van der Waals surface area contributed by atoms with Gasteiger partial charge in [0.15, 0.2) is 0 Å². The van der Waals surface area contributed by atoms with E-state index in [2.05, 4.69) is 11.4 Å². The van der Waals surface area contributed by atoms with Crippen molar-refractivity contribution in [2.45, 2.75) is 26.4 Å². The van der Waals surface area contributed by atoms with E-state index in [9.17, 15) is 9.59 Å². The summed E-state index contributed by atoms with van der Waals surface area (Å²) in [6.07, 6.45) is -0.631. The largest absolute Gasteiger partial charge is 0.478 e. The molecule has 5 nitrogen and oxygen atoms in total. The lowest BCUT2D eigenvalue weighted by atomic mass is 10.2. The highest BCUT2D eigenvalue weighted by molar-refractivity contribution is 5.91. The Balaban J connectivity index is 2.72. The minimum absolute atomic E-state index is 0.0542. The van der Waals surface area contributed by atoms with Gasteiger partial charge in [-0.15, -0.1) is 0 Å². The van der Waals surface area contributed by atoms with Crippen LogP contribution < -0.4 is 5.32 Å². The maximum absolute atomic E-state index is 11.4. The molecule has 0 heterocycles. The molecule has 0 aliphatic carbocycles. The van der Waals surface area contributed by atoms with Crippen LogP contribution in [0, 0.1) is 6.07 Å². The van der Waals surface area contributed by atoms with Crippen LogP contribution in [0.5, 0.6) is 0 Å². The predicted octanol–water partition coefficient (Wildman–Crippen LogP) is 2.53. The van der Waals surface area contributed by atoms with Gasteiger partial charge >= 0.3 is 12.1 Å². The molecule has 0 aliphatic heterocycles. The van der Waals surface area contributed by atoms with Crippen LogP contribution in [0.4, 0.5) is 10.5 Å². The number of benzene rings is 1. The molecule has 17 heavy (non-hydrogen) atoms. The molecule has 0 aromatic heterocycles. The Labute approximate surface area is 99.4 Å². The summed E-state index contributed by atoms with van der Waals surface area (Å²) in [4.78, 5) is 22.1. The molecule has 0 aliphatic rings. The highest BCUT2D eigenvalue weighted by Crippen LogP contribution is 2.13. The number of nitrogens with one attached hydrogen (secondary N) is 1. The van der Waals surface area contributed by atoms with Crippen LogP contribution >= 0.6 is 0 Å². The average Bonchev–Trinajstić information content (AvgIpc) is 2.14. The quantitative estimate of drug-likeness (QED) is 0.827. The highest BCUT2D eigenvalue weighted by atomic mass is 16.6. The molecule has 0 saturated carbocycles. The molecular weight excluding hydrogens is 222 g/mol. The van der Waals surface area contributed by atoms with Crippen molar-refractivity contribution >= 4 is 17.7 Å². The molecule has 0 atom stereocenters. The van der Waals surface area contributed by atoms with Gasteiger partial charge in [-0.2, -0.15) is 0 Å². The van der Waals surface area contributed by atoms with E-state index in [1.807, 2.05) is 0 Å². The number of hydrogen-bond donors (Lipinski definition) is 2. The van der Waals surface area contributed by atoms with Crippen LogP contribution in [0.25, 0.3) is 0 Å². The van der Waals surface area contributed by atoms with E-state index in [-0.39, 0.29) is 5.56 Å². The van der Waals surface area contributed by atoms with E-state index in [1.165, 1.54) is 18.2 Å². The second kappa shape index (κ2) is 4.86. The van der Waals surface area contributed by atoms with Crippen molar-refractivity contribution in [2.75, 3.05) is 5.32 Å². The predicted molar refractivity (Wildman–Crippen MR) is 62.1 cm³/mol. The first-order chi connectivity index (χ1) is 7.78. The van der Waals surface area contributed by atoms with Gasteiger partial charge in [-0.05, 0) is 45.0 Å². The zero-order chi connectivity index (χ0) is 13.1. The van der Waals surface area contributed by atoms with Gasteiger partial charge in [0.05, 0.1) is 5.56 Å². The first-order valence-corrected chi connectivity index (χ1v) is 5.02. The lowest BCUT2D eigenvalue weighted by molar-refractivity contribution is 0.0632. The third kappa shape index (κ3) is 4.55. The van der Waals surface area contributed by atoms with Crippen molar-refractivity contribution in [1.29, 1.82) is 0 Å². The first-order valence-electron chi connectivity index (χ1n) is 5.02. The summed E-state index contributed by atoms with van der Waals surface area (Å²) in [6, 6.07) is 6.75. The molecule has 0 saturated heterocycles. The van der Waals surface area contributed by atoms with E-state index in [0.29, 0.717) is 5.69 Å². The minimum Gasteiger partial charge on any atom is -0.478 e. The van der Waals surface area contributed by atoms with Crippen LogP contribution in [0.15, 0.2) is 18.2 Å². The Kier molecular flexibility index (Phi) is 3.73. The van der Waals surface area contributed by atoms with Gasteiger partial charge in [0, 0.05) is 5.69 Å². The molecule has 0 fully saturated rings. The number of aromatic carboxylic acids is 1. The molecule has 0 unspecified atom stereocenters. The third-order valence-corrected chi connectivity index (χ3v) is 1.68. The summed E-state index contributed by atoms with van der Waals surface area (Å²) in [5, 5.41) is 11.2. The maximum atomic E-state index is 11.4. The van der Waals surface area contributed by atoms with Gasteiger partial charge in [-0.1, -0.05) is 0 Å². The number of carbonyl (C=O) groups excluding carboxylic acids is 1. The van der Waals surface area contributed by atoms with Crippen molar-refractivity contribution in [3.8, 4) is 0 Å². The summed E-state index contributed by atoms with van der Waals surface area (Å²) in [5.74, 6) is -1.07. The molecule has 1 rings (SSSR count). The lowest BCUT2D eigenvalue weighted by Gasteiger charge is -2.19. The number of amides is 1. The summed E-state index contributed by atoms with van der Waals surface area (Å²) in [5.41, 5.74) is -0.212. The molecule has 91 valence electrons. The first kappa shape index (κ1) is 13.0. The average molecular weight is 236 g/mol. The van der Waals surface area contributed by atoms with Crippen molar-refractivity contribution in [1.82, 2.24) is 0 Å². The van der Waals surface area contributed by atoms with E-state index in [4.69, 9.17) is 9.84 Å². The lowest BCUT2D eigenvalue weighted by Crippen LogP contribution is -2.27. The number of carboxylic acid groups (broad SMARTS) is 1. The third-order valence-electron chi connectivity index (χ3n) is 1.68. The summed E-state index contributed by atoms with van der Waals surface area (Å²) < 4.78 is 5.03. The monoisotopic (exact) mass is 236 g/mol. The Hall–Kier alpha value is -2.04. The molecule has 0 bridgehead atoms. The molecule has 1 aromatic rings. The van der Waals surface area contributed by atoms with E-state index >= 15 is 0 Å². The number of hydrogen-bond acceptors (Lipinski definition) is 3. The van der Waals surface area contributed by atoms with Crippen molar-refractivity contribution in [3.05, 3.63) is 29.8 Å². The molecule has 1 radical (unpaired) electrons. The zero-order valence-corrected chi connectivity index (χ0v) is 9.90. The molecule has 5 heteroatoms. The second-order valence-corrected chi connectivity index (χ2v) is 4.44. The fourth-order valence-corrected chi connectivity index (χ4v) is 1.09. The van der Waals surface area contributed by atoms with E-state index in [0.717, 1.165) is 0 Å². The zero-order valence-electron chi connectivity index (χ0n) is 9.90. The van der Waals surface area contributed by atoms with Gasteiger partial charge in [-0.25, -0.2) is 9.59 Å². The highest BCUT2D eigenvalue weighted by Gasteiger charge is 2.16. The number of ether oxygens (including phenoxy) is 1. The van der Waals surface area contributed by atoms with Crippen molar-refractivity contribution in [3.63, 3.8) is 0 Å².